The van der Waals surface area contributed by atoms with Gasteiger partial charge in [0.05, 0.1) is 6.16 Å². The monoisotopic (exact) mass is 575 g/mol. The highest BCUT2D eigenvalue weighted by atomic mass is 79.9. The van der Waals surface area contributed by atoms with Crippen LogP contribution >= 0.6 is 7.26 Å². The zero-order chi connectivity index (χ0) is 25.8. The molecule has 0 saturated heterocycles. The topological polar surface area (TPSA) is 37.3 Å². The molecule has 4 heteroatoms. The fourth-order valence-corrected chi connectivity index (χ4v) is 9.43. The maximum atomic E-state index is 12.4. The van der Waals surface area contributed by atoms with Gasteiger partial charge in [-0.2, -0.15) is 0 Å². The molecule has 1 atom stereocenters. The molecular weight excluding hydrogens is 540 g/mol. The molecule has 0 bridgehead atoms. The summed E-state index contributed by atoms with van der Waals surface area (Å²) in [7, 11) is -1.93. The lowest BCUT2D eigenvalue weighted by Gasteiger charge is -2.34. The Balaban J connectivity index is 0.00000380. The number of Topliss-reactive ketones (excluding diaryl/α,β-unsaturated/α-hetero) is 1. The van der Waals surface area contributed by atoms with Crippen molar-refractivity contribution in [2.24, 2.45) is 5.41 Å². The Morgan fingerprint density at radius 2 is 1.32 bits per heavy atom. The number of hydrogen-bond acceptors (Lipinski definition) is 2. The molecule has 1 N–H and O–H groups in total. The van der Waals surface area contributed by atoms with Gasteiger partial charge in [-0.15, -0.1) is 0 Å². The van der Waals surface area contributed by atoms with E-state index in [2.05, 4.69) is 130 Å². The summed E-state index contributed by atoms with van der Waals surface area (Å²) in [5.41, 5.74) is 2.60. The van der Waals surface area contributed by atoms with Gasteiger partial charge < -0.3 is 22.1 Å². The number of carbonyl (C=O) groups excluding carboxylic acids is 1. The van der Waals surface area contributed by atoms with Gasteiger partial charge >= 0.3 is 0 Å². The molecule has 2 nitrogen and oxygen atoms in total. The number of allylic oxidation sites excluding steroid dienone is 5. The van der Waals surface area contributed by atoms with Crippen molar-refractivity contribution in [1.82, 2.24) is 0 Å². The normalized spacial score (nSPS) is 18.1. The first-order valence-corrected chi connectivity index (χ1v) is 14.6. The summed E-state index contributed by atoms with van der Waals surface area (Å²) in [6.07, 6.45) is 7.01. The molecule has 0 amide bonds. The van der Waals surface area contributed by atoms with E-state index in [4.69, 9.17) is 0 Å². The van der Waals surface area contributed by atoms with Crippen molar-refractivity contribution >= 4 is 29.0 Å². The third-order valence-electron chi connectivity index (χ3n) is 7.30. The van der Waals surface area contributed by atoms with Crippen molar-refractivity contribution in [1.29, 1.82) is 0 Å². The van der Waals surface area contributed by atoms with Gasteiger partial charge in [-0.1, -0.05) is 86.2 Å². The molecule has 0 aromatic heterocycles. The molecule has 3 aromatic carbocycles. The first kappa shape index (κ1) is 29.0. The molecule has 0 saturated carbocycles. The van der Waals surface area contributed by atoms with Crippen LogP contribution in [0.4, 0.5) is 0 Å². The maximum absolute atomic E-state index is 12.4. The van der Waals surface area contributed by atoms with E-state index < -0.39 is 13.4 Å². The molecule has 37 heavy (non-hydrogen) atoms. The summed E-state index contributed by atoms with van der Waals surface area (Å²) in [5.74, 6) is -0.155. The SMILES string of the molecule is CC1=C(/C=C/C(C)=C/C[P+](c2ccccc2)(c2ccccc2)c2ccccc2)C(C)(C)CC(O)[13C]1=O.[Br-]. The largest absolute Gasteiger partial charge is 1.00 e. The molecule has 0 radical (unpaired) electrons. The summed E-state index contributed by atoms with van der Waals surface area (Å²) in [6.45, 7) is 8.17. The lowest BCUT2D eigenvalue weighted by molar-refractivity contribution is -0.125. The van der Waals surface area contributed by atoms with E-state index >= 15 is 0 Å². The van der Waals surface area contributed by atoms with Crippen LogP contribution in [0.15, 0.2) is 126 Å². The Kier molecular flexibility index (Phi) is 9.64. The number of rotatable bonds is 7. The van der Waals surface area contributed by atoms with Crippen molar-refractivity contribution in [2.75, 3.05) is 6.16 Å². The van der Waals surface area contributed by atoms with Crippen LogP contribution in [-0.4, -0.2) is 23.2 Å². The average molecular weight is 577 g/mol. The summed E-state index contributed by atoms with van der Waals surface area (Å²) in [4.78, 5) is 12.4. The molecule has 192 valence electrons. The van der Waals surface area contributed by atoms with Crippen molar-refractivity contribution in [3.05, 3.63) is 126 Å². The Morgan fingerprint density at radius 1 is 0.892 bits per heavy atom. The standard InChI is InChI=1S/C33H36O2P.BrH/c1-25(20-21-30-26(2)32(35)31(34)24-33(30,3)4)22-23-36(27-14-8-5-9-15-27,28-16-10-6-11-17-28)29-18-12-7-13-19-29;/h5-22,31,34H,23-24H2,1-4H3;1H/q+1;/p-1/b21-20+,25-22+;/i32+1;. The van der Waals surface area contributed by atoms with E-state index in [0.717, 1.165) is 17.3 Å². The second kappa shape index (κ2) is 12.3. The molecule has 0 aliphatic heterocycles. The molecule has 4 rings (SSSR count). The van der Waals surface area contributed by atoms with E-state index in [1.165, 1.54) is 15.9 Å². The van der Waals surface area contributed by atoms with E-state index in [0.29, 0.717) is 12.0 Å². The van der Waals surface area contributed by atoms with E-state index in [1.807, 2.05) is 6.92 Å². The second-order valence-electron chi connectivity index (χ2n) is 10.3. The highest BCUT2D eigenvalue weighted by Gasteiger charge is 2.44. The first-order valence-electron chi connectivity index (χ1n) is 12.6. The minimum atomic E-state index is -1.93. The van der Waals surface area contributed by atoms with Gasteiger partial charge in [0.1, 0.15) is 29.3 Å². The Hall–Kier alpha value is -2.58. The van der Waals surface area contributed by atoms with Gasteiger partial charge in [0.25, 0.3) is 0 Å². The van der Waals surface area contributed by atoms with Gasteiger partial charge in [-0.3, -0.25) is 4.79 Å². The fourth-order valence-electron chi connectivity index (χ4n) is 5.30. The lowest BCUT2D eigenvalue weighted by atomic mass is 9.75. The number of halogens is 1. The number of aliphatic hydroxyl groups is 1. The van der Waals surface area contributed by atoms with Gasteiger partial charge in [0.15, 0.2) is 5.78 Å². The van der Waals surface area contributed by atoms with Crippen LogP contribution in [0.2, 0.25) is 0 Å². The number of aliphatic hydroxyl groups excluding tert-OH is 1. The fraction of sp³-hybridized carbons (Fsp3) is 0.242. The summed E-state index contributed by atoms with van der Waals surface area (Å²) in [5, 5.41) is 14.3. The van der Waals surface area contributed by atoms with Crippen LogP contribution in [0, 0.1) is 5.41 Å². The summed E-state index contributed by atoms with van der Waals surface area (Å²) in [6, 6.07) is 32.7. The number of ketones is 1. The second-order valence-corrected chi connectivity index (χ2v) is 13.8. The van der Waals surface area contributed by atoms with Gasteiger partial charge in [-0.25, -0.2) is 0 Å². The molecule has 0 fully saturated rings. The molecule has 1 aliphatic carbocycles. The Bertz CT molecular complexity index is 1200. The Labute approximate surface area is 232 Å². The van der Waals surface area contributed by atoms with E-state index in [-0.39, 0.29) is 28.2 Å². The first-order chi connectivity index (χ1) is 17.3. The van der Waals surface area contributed by atoms with Crippen LogP contribution in [-0.2, 0) is 4.79 Å². The number of hydrogen-bond donors (Lipinski definition) is 1. The molecule has 1 aliphatic rings. The number of benzene rings is 3. The van der Waals surface area contributed by atoms with Crippen molar-refractivity contribution < 1.29 is 26.9 Å². The minimum absolute atomic E-state index is 0. The van der Waals surface area contributed by atoms with E-state index in [9.17, 15) is 9.90 Å². The smallest absolute Gasteiger partial charge is 0.187 e. The molecule has 0 heterocycles. The lowest BCUT2D eigenvalue weighted by Crippen LogP contribution is -3.00. The third kappa shape index (κ3) is 6.12. The predicted octanol–water partition coefficient (Wildman–Crippen LogP) is 3.16. The van der Waals surface area contributed by atoms with Crippen molar-refractivity contribution in [2.45, 2.75) is 40.2 Å². The molecule has 0 spiro atoms. The zero-order valence-electron chi connectivity index (χ0n) is 22.1. The summed E-state index contributed by atoms with van der Waals surface area (Å²) >= 11 is 0. The minimum Gasteiger partial charge on any atom is -1.00 e. The van der Waals surface area contributed by atoms with Crippen LogP contribution in [0.5, 0.6) is 0 Å². The van der Waals surface area contributed by atoms with Crippen LogP contribution in [0.1, 0.15) is 34.1 Å². The van der Waals surface area contributed by atoms with E-state index in [1.54, 1.807) is 0 Å². The molecule has 3 aromatic rings. The van der Waals surface area contributed by atoms with Crippen LogP contribution < -0.4 is 32.9 Å². The van der Waals surface area contributed by atoms with Crippen molar-refractivity contribution in [3.8, 4) is 0 Å². The van der Waals surface area contributed by atoms with Gasteiger partial charge in [0, 0.05) is 0 Å². The predicted molar refractivity (Wildman–Crippen MR) is 155 cm³/mol. The maximum Gasteiger partial charge on any atom is 0.187 e. The highest BCUT2D eigenvalue weighted by molar-refractivity contribution is 7.95. The molecule has 1 unspecified atom stereocenters. The quantitative estimate of drug-likeness (QED) is 0.267. The van der Waals surface area contributed by atoms with Gasteiger partial charge in [0.2, 0.25) is 0 Å². The van der Waals surface area contributed by atoms with Crippen LogP contribution in [0.3, 0.4) is 0 Å². The van der Waals surface area contributed by atoms with Crippen molar-refractivity contribution in [3.63, 3.8) is 0 Å². The zero-order valence-corrected chi connectivity index (χ0v) is 24.5. The Morgan fingerprint density at radius 3 is 1.76 bits per heavy atom. The molecular formula is C33H36BrO2P. The van der Waals surface area contributed by atoms with Crippen LogP contribution in [0.25, 0.3) is 0 Å². The highest BCUT2D eigenvalue weighted by Crippen LogP contribution is 2.55. The number of carbonyl (C=O) groups is 1. The van der Waals surface area contributed by atoms with Gasteiger partial charge in [-0.05, 0) is 79.3 Å². The third-order valence-corrected chi connectivity index (χ3v) is 11.6. The summed E-state index contributed by atoms with van der Waals surface area (Å²) < 4.78 is 0. The average Bonchev–Trinajstić information content (AvgIpc) is 2.89.